The lowest BCUT2D eigenvalue weighted by Crippen LogP contribution is -2.41. The van der Waals surface area contributed by atoms with Crippen LogP contribution in [0.4, 0.5) is 0 Å². The Labute approximate surface area is 123 Å². The van der Waals surface area contributed by atoms with Crippen molar-refractivity contribution in [3.8, 4) is 0 Å². The SMILES string of the molecule is CCC1CCC(N)(c2noc(Cc3cccs3)n2)CC1. The highest BCUT2D eigenvalue weighted by Crippen LogP contribution is 2.37. The van der Waals surface area contributed by atoms with E-state index in [0.29, 0.717) is 18.1 Å². The average Bonchev–Trinajstić information content (AvgIpc) is 3.12. The van der Waals surface area contributed by atoms with Crippen LogP contribution >= 0.6 is 11.3 Å². The number of aromatic nitrogens is 2. The van der Waals surface area contributed by atoms with Crippen LogP contribution in [0.3, 0.4) is 0 Å². The summed E-state index contributed by atoms with van der Waals surface area (Å²) < 4.78 is 5.38. The molecule has 0 bridgehead atoms. The molecule has 0 spiro atoms. The lowest BCUT2D eigenvalue weighted by Gasteiger charge is -2.34. The summed E-state index contributed by atoms with van der Waals surface area (Å²) >= 11 is 1.71. The summed E-state index contributed by atoms with van der Waals surface area (Å²) in [6.45, 7) is 2.25. The number of rotatable bonds is 4. The van der Waals surface area contributed by atoms with Crippen LogP contribution in [0.5, 0.6) is 0 Å². The smallest absolute Gasteiger partial charge is 0.231 e. The van der Waals surface area contributed by atoms with E-state index in [2.05, 4.69) is 28.5 Å². The van der Waals surface area contributed by atoms with Crippen molar-refractivity contribution in [3.63, 3.8) is 0 Å². The fraction of sp³-hybridized carbons (Fsp3) is 0.600. The fourth-order valence-corrected chi connectivity index (χ4v) is 3.61. The minimum atomic E-state index is -0.386. The molecule has 0 saturated heterocycles. The number of nitrogens with zero attached hydrogens (tertiary/aromatic N) is 2. The first-order chi connectivity index (χ1) is 9.69. The Balaban J connectivity index is 1.70. The van der Waals surface area contributed by atoms with E-state index in [-0.39, 0.29) is 5.54 Å². The number of nitrogens with two attached hydrogens (primary N) is 1. The van der Waals surface area contributed by atoms with Crippen molar-refractivity contribution in [1.82, 2.24) is 10.1 Å². The molecule has 2 aromatic rings. The zero-order valence-electron chi connectivity index (χ0n) is 11.8. The third-order valence-corrected chi connectivity index (χ3v) is 5.27. The zero-order valence-corrected chi connectivity index (χ0v) is 12.7. The maximum Gasteiger partial charge on any atom is 0.231 e. The van der Waals surface area contributed by atoms with Crippen LogP contribution in [0.25, 0.3) is 0 Å². The lowest BCUT2D eigenvalue weighted by atomic mass is 9.76. The Morgan fingerprint density at radius 3 is 2.90 bits per heavy atom. The monoisotopic (exact) mass is 291 g/mol. The standard InChI is InChI=1S/C15H21N3OS/c1-2-11-5-7-15(16,8-6-11)14-17-13(19-18-14)10-12-4-3-9-20-12/h3-4,9,11H,2,5-8,10,16H2,1H3. The number of hydrogen-bond donors (Lipinski definition) is 1. The normalized spacial score (nSPS) is 26.8. The van der Waals surface area contributed by atoms with Gasteiger partial charge in [-0.2, -0.15) is 4.98 Å². The fourth-order valence-electron chi connectivity index (χ4n) is 2.92. The highest BCUT2D eigenvalue weighted by molar-refractivity contribution is 7.09. The molecule has 1 aliphatic rings. The Morgan fingerprint density at radius 2 is 2.25 bits per heavy atom. The van der Waals surface area contributed by atoms with E-state index < -0.39 is 0 Å². The average molecular weight is 291 g/mol. The predicted molar refractivity (Wildman–Crippen MR) is 79.5 cm³/mol. The summed E-state index contributed by atoms with van der Waals surface area (Å²) in [5.41, 5.74) is 6.12. The van der Waals surface area contributed by atoms with Gasteiger partial charge >= 0.3 is 0 Å². The first-order valence-corrected chi connectivity index (χ1v) is 8.22. The van der Waals surface area contributed by atoms with Gasteiger partial charge in [-0.3, -0.25) is 0 Å². The summed E-state index contributed by atoms with van der Waals surface area (Å²) in [5, 5.41) is 6.20. The molecule has 0 aromatic carbocycles. The van der Waals surface area contributed by atoms with E-state index in [1.807, 2.05) is 6.07 Å². The van der Waals surface area contributed by atoms with Crippen molar-refractivity contribution < 1.29 is 4.52 Å². The van der Waals surface area contributed by atoms with E-state index in [1.54, 1.807) is 11.3 Å². The van der Waals surface area contributed by atoms with E-state index >= 15 is 0 Å². The van der Waals surface area contributed by atoms with Gasteiger partial charge in [0.15, 0.2) is 5.82 Å². The van der Waals surface area contributed by atoms with Gasteiger partial charge in [0.2, 0.25) is 5.89 Å². The molecule has 0 atom stereocenters. The molecular formula is C15H21N3OS. The minimum absolute atomic E-state index is 0.386. The van der Waals surface area contributed by atoms with Gasteiger partial charge in [-0.1, -0.05) is 24.6 Å². The van der Waals surface area contributed by atoms with Gasteiger partial charge in [-0.05, 0) is 43.0 Å². The van der Waals surface area contributed by atoms with E-state index in [9.17, 15) is 0 Å². The van der Waals surface area contributed by atoms with Crippen LogP contribution in [0.2, 0.25) is 0 Å². The highest BCUT2D eigenvalue weighted by atomic mass is 32.1. The topological polar surface area (TPSA) is 64.9 Å². The Bertz CT molecular complexity index is 541. The zero-order chi connectivity index (χ0) is 14.0. The third kappa shape index (κ3) is 2.79. The van der Waals surface area contributed by atoms with Gasteiger partial charge in [-0.25, -0.2) is 0 Å². The van der Waals surface area contributed by atoms with Crippen LogP contribution in [0, 0.1) is 5.92 Å². The Hall–Kier alpha value is -1.20. The number of thiophene rings is 1. The predicted octanol–water partition coefficient (Wildman–Crippen LogP) is 3.48. The van der Waals surface area contributed by atoms with Crippen molar-refractivity contribution in [2.45, 2.75) is 51.0 Å². The largest absolute Gasteiger partial charge is 0.339 e. The molecule has 2 aromatic heterocycles. The molecule has 0 radical (unpaired) electrons. The van der Waals surface area contributed by atoms with E-state index in [1.165, 1.54) is 24.1 Å². The summed E-state index contributed by atoms with van der Waals surface area (Å²) in [5.74, 6) is 2.17. The minimum Gasteiger partial charge on any atom is -0.339 e. The van der Waals surface area contributed by atoms with E-state index in [4.69, 9.17) is 10.3 Å². The Kier molecular flexibility index (Phi) is 3.89. The van der Waals surface area contributed by atoms with Gasteiger partial charge in [0, 0.05) is 4.88 Å². The first kappa shape index (κ1) is 13.8. The van der Waals surface area contributed by atoms with Crippen molar-refractivity contribution in [3.05, 3.63) is 34.1 Å². The molecule has 0 unspecified atom stereocenters. The maximum absolute atomic E-state index is 6.50. The van der Waals surface area contributed by atoms with Gasteiger partial charge < -0.3 is 10.3 Å². The van der Waals surface area contributed by atoms with Crippen LogP contribution in [0.15, 0.2) is 22.0 Å². The second kappa shape index (κ2) is 5.66. The van der Waals surface area contributed by atoms with E-state index in [0.717, 1.165) is 18.8 Å². The highest BCUT2D eigenvalue weighted by Gasteiger charge is 2.36. The molecule has 108 valence electrons. The summed E-state index contributed by atoms with van der Waals surface area (Å²) in [6.07, 6.45) is 6.21. The van der Waals surface area contributed by atoms with Crippen molar-refractivity contribution in [2.24, 2.45) is 11.7 Å². The van der Waals surface area contributed by atoms with Crippen LogP contribution in [-0.2, 0) is 12.0 Å². The molecular weight excluding hydrogens is 270 g/mol. The second-order valence-electron chi connectivity index (χ2n) is 5.78. The second-order valence-corrected chi connectivity index (χ2v) is 6.81. The molecule has 0 aliphatic heterocycles. The van der Waals surface area contributed by atoms with Crippen LogP contribution in [-0.4, -0.2) is 10.1 Å². The molecule has 0 amide bonds. The van der Waals surface area contributed by atoms with Crippen LogP contribution < -0.4 is 5.73 Å². The van der Waals surface area contributed by atoms with Crippen molar-refractivity contribution >= 4 is 11.3 Å². The van der Waals surface area contributed by atoms with Gasteiger partial charge in [0.25, 0.3) is 0 Å². The third-order valence-electron chi connectivity index (χ3n) is 4.39. The molecule has 1 fully saturated rings. The molecule has 4 nitrogen and oxygen atoms in total. The summed E-state index contributed by atoms with van der Waals surface area (Å²) in [7, 11) is 0. The first-order valence-electron chi connectivity index (χ1n) is 7.34. The lowest BCUT2D eigenvalue weighted by molar-refractivity contribution is 0.216. The van der Waals surface area contributed by atoms with Gasteiger partial charge in [-0.15, -0.1) is 11.3 Å². The van der Waals surface area contributed by atoms with Gasteiger partial charge in [0.1, 0.15) is 0 Å². The molecule has 5 heteroatoms. The molecule has 2 N–H and O–H groups in total. The van der Waals surface area contributed by atoms with Gasteiger partial charge in [0.05, 0.1) is 12.0 Å². The maximum atomic E-state index is 6.50. The molecule has 3 rings (SSSR count). The number of hydrogen-bond acceptors (Lipinski definition) is 5. The summed E-state index contributed by atoms with van der Waals surface area (Å²) in [4.78, 5) is 5.77. The molecule has 1 saturated carbocycles. The van der Waals surface area contributed by atoms with Crippen molar-refractivity contribution in [1.29, 1.82) is 0 Å². The molecule has 1 aliphatic carbocycles. The van der Waals surface area contributed by atoms with Crippen molar-refractivity contribution in [2.75, 3.05) is 0 Å². The summed E-state index contributed by atoms with van der Waals surface area (Å²) in [6, 6.07) is 4.12. The molecule has 20 heavy (non-hydrogen) atoms. The quantitative estimate of drug-likeness (QED) is 0.936. The van der Waals surface area contributed by atoms with Crippen LogP contribution in [0.1, 0.15) is 55.6 Å². The Morgan fingerprint density at radius 1 is 1.45 bits per heavy atom. The molecule has 2 heterocycles.